The number of rotatable bonds is 6. The zero-order valence-electron chi connectivity index (χ0n) is 14.0. The average molecular weight is 330 g/mol. The normalized spacial score (nSPS) is 25.2. The van der Waals surface area contributed by atoms with E-state index in [1.165, 1.54) is 44.6 Å². The summed E-state index contributed by atoms with van der Waals surface area (Å²) < 4.78 is 0. The largest absolute Gasteiger partial charge is 0.478 e. The molecule has 2 heterocycles. The van der Waals surface area contributed by atoms with Gasteiger partial charge in [-0.25, -0.2) is 14.8 Å². The Kier molecular flexibility index (Phi) is 5.45. The van der Waals surface area contributed by atoms with Crippen molar-refractivity contribution in [3.05, 3.63) is 24.0 Å². The molecule has 1 aliphatic heterocycles. The Labute approximate surface area is 142 Å². The summed E-state index contributed by atoms with van der Waals surface area (Å²) in [4.78, 5) is 19.3. The minimum absolute atomic E-state index is 0.0421. The molecule has 130 valence electrons. The molecular weight excluding hydrogens is 304 g/mol. The zero-order valence-corrected chi connectivity index (χ0v) is 14.0. The average Bonchev–Trinajstić information content (AvgIpc) is 3.03. The van der Waals surface area contributed by atoms with Gasteiger partial charge < -0.3 is 15.7 Å². The summed E-state index contributed by atoms with van der Waals surface area (Å²) in [7, 11) is 0. The lowest BCUT2D eigenvalue weighted by Gasteiger charge is -2.35. The van der Waals surface area contributed by atoms with Gasteiger partial charge in [-0.3, -0.25) is 0 Å². The standard InChI is InChI=1S/C18H26N4O2/c23-16(24)7-6-15-11-20-17(21-12-15)22-18(8-9-19-13-18)10-14-4-2-1-3-5-14/h6-7,11-12,14,19H,1-5,8-10,13H2,(H,23,24)(H,20,21,22)/b7-6+/t18-/m0/s1. The van der Waals surface area contributed by atoms with Crippen LogP contribution in [-0.4, -0.2) is 39.7 Å². The number of hydrogen-bond donors (Lipinski definition) is 3. The number of anilines is 1. The second-order valence-corrected chi connectivity index (χ2v) is 7.05. The van der Waals surface area contributed by atoms with Crippen molar-refractivity contribution in [2.75, 3.05) is 18.4 Å². The van der Waals surface area contributed by atoms with Crippen LogP contribution in [0.25, 0.3) is 6.08 Å². The Bertz CT molecular complexity index is 573. The van der Waals surface area contributed by atoms with E-state index in [2.05, 4.69) is 20.6 Å². The van der Waals surface area contributed by atoms with Gasteiger partial charge in [0.25, 0.3) is 0 Å². The molecule has 3 N–H and O–H groups in total. The summed E-state index contributed by atoms with van der Waals surface area (Å²) >= 11 is 0. The van der Waals surface area contributed by atoms with Gasteiger partial charge in [0, 0.05) is 30.6 Å². The van der Waals surface area contributed by atoms with Crippen LogP contribution >= 0.6 is 0 Å². The van der Waals surface area contributed by atoms with Crippen molar-refractivity contribution in [3.63, 3.8) is 0 Å². The maximum Gasteiger partial charge on any atom is 0.328 e. The molecule has 0 radical (unpaired) electrons. The summed E-state index contributed by atoms with van der Waals surface area (Å²) in [5, 5.41) is 15.7. The predicted octanol–water partition coefficient (Wildman–Crippen LogP) is 2.69. The number of aliphatic carboxylic acids is 1. The number of carboxylic acids is 1. The molecule has 2 fully saturated rings. The van der Waals surface area contributed by atoms with Crippen LogP contribution in [0.4, 0.5) is 5.95 Å². The topological polar surface area (TPSA) is 87.1 Å². The molecule has 0 aromatic carbocycles. The number of hydrogen-bond acceptors (Lipinski definition) is 5. The van der Waals surface area contributed by atoms with Crippen LogP contribution in [0, 0.1) is 5.92 Å². The number of carboxylic acid groups (broad SMARTS) is 1. The van der Waals surface area contributed by atoms with Crippen molar-refractivity contribution < 1.29 is 9.90 Å². The van der Waals surface area contributed by atoms with E-state index in [4.69, 9.17) is 5.11 Å². The lowest BCUT2D eigenvalue weighted by molar-refractivity contribution is -0.131. The molecule has 0 unspecified atom stereocenters. The minimum atomic E-state index is -0.972. The van der Waals surface area contributed by atoms with Crippen LogP contribution in [0.3, 0.4) is 0 Å². The van der Waals surface area contributed by atoms with Gasteiger partial charge in [0.05, 0.1) is 5.54 Å². The van der Waals surface area contributed by atoms with Crippen molar-refractivity contribution in [3.8, 4) is 0 Å². The van der Waals surface area contributed by atoms with Crippen molar-refractivity contribution in [2.24, 2.45) is 5.92 Å². The molecule has 0 bridgehead atoms. The first-order valence-corrected chi connectivity index (χ1v) is 8.87. The molecule has 1 atom stereocenters. The van der Waals surface area contributed by atoms with Crippen LogP contribution in [0.1, 0.15) is 50.5 Å². The number of carbonyl (C=O) groups is 1. The number of aromatic nitrogens is 2. The van der Waals surface area contributed by atoms with Crippen LogP contribution in [0.5, 0.6) is 0 Å². The smallest absolute Gasteiger partial charge is 0.328 e. The van der Waals surface area contributed by atoms with E-state index in [1.807, 2.05) is 0 Å². The Morgan fingerprint density at radius 1 is 1.33 bits per heavy atom. The highest BCUT2D eigenvalue weighted by Crippen LogP contribution is 2.34. The van der Waals surface area contributed by atoms with E-state index in [0.717, 1.165) is 31.5 Å². The van der Waals surface area contributed by atoms with Crippen LogP contribution in [0.15, 0.2) is 18.5 Å². The summed E-state index contributed by atoms with van der Waals surface area (Å²) in [6.45, 7) is 1.98. The van der Waals surface area contributed by atoms with E-state index in [0.29, 0.717) is 11.5 Å². The third-order valence-electron chi connectivity index (χ3n) is 5.12. The molecule has 1 aromatic heterocycles. The molecule has 2 aliphatic rings. The molecule has 6 nitrogen and oxygen atoms in total. The van der Waals surface area contributed by atoms with Gasteiger partial charge in [0.1, 0.15) is 0 Å². The Balaban J connectivity index is 1.65. The van der Waals surface area contributed by atoms with E-state index < -0.39 is 5.97 Å². The molecule has 3 rings (SSSR count). The molecule has 1 saturated heterocycles. The van der Waals surface area contributed by atoms with Crippen molar-refractivity contribution in [1.29, 1.82) is 0 Å². The van der Waals surface area contributed by atoms with E-state index >= 15 is 0 Å². The lowest BCUT2D eigenvalue weighted by Crippen LogP contribution is -2.43. The second-order valence-electron chi connectivity index (χ2n) is 7.05. The van der Waals surface area contributed by atoms with Crippen LogP contribution in [0.2, 0.25) is 0 Å². The second kappa shape index (κ2) is 7.75. The third kappa shape index (κ3) is 4.54. The van der Waals surface area contributed by atoms with Crippen molar-refractivity contribution >= 4 is 18.0 Å². The summed E-state index contributed by atoms with van der Waals surface area (Å²) in [5.41, 5.74) is 0.731. The van der Waals surface area contributed by atoms with Crippen molar-refractivity contribution in [2.45, 2.75) is 50.5 Å². The quantitative estimate of drug-likeness (QED) is 0.695. The highest BCUT2D eigenvalue weighted by Gasteiger charge is 2.36. The summed E-state index contributed by atoms with van der Waals surface area (Å²) in [5.74, 6) is 0.451. The number of nitrogens with one attached hydrogen (secondary N) is 2. The fraction of sp³-hybridized carbons (Fsp3) is 0.611. The molecule has 0 spiro atoms. The number of nitrogens with zero attached hydrogens (tertiary/aromatic N) is 2. The Morgan fingerprint density at radius 2 is 2.08 bits per heavy atom. The maximum absolute atomic E-state index is 10.6. The monoisotopic (exact) mass is 330 g/mol. The molecular formula is C18H26N4O2. The fourth-order valence-electron chi connectivity index (χ4n) is 3.91. The molecule has 1 aliphatic carbocycles. The van der Waals surface area contributed by atoms with Gasteiger partial charge in [0.2, 0.25) is 5.95 Å². The van der Waals surface area contributed by atoms with E-state index in [1.54, 1.807) is 12.4 Å². The first-order valence-electron chi connectivity index (χ1n) is 8.87. The third-order valence-corrected chi connectivity index (χ3v) is 5.12. The first kappa shape index (κ1) is 16.9. The highest BCUT2D eigenvalue weighted by molar-refractivity contribution is 5.85. The van der Waals surface area contributed by atoms with E-state index in [9.17, 15) is 4.79 Å². The Morgan fingerprint density at radius 3 is 2.71 bits per heavy atom. The van der Waals surface area contributed by atoms with Crippen molar-refractivity contribution in [1.82, 2.24) is 15.3 Å². The van der Waals surface area contributed by atoms with Gasteiger partial charge in [-0.1, -0.05) is 32.1 Å². The summed E-state index contributed by atoms with van der Waals surface area (Å²) in [6.07, 6.45) is 14.9. The molecule has 6 heteroatoms. The predicted molar refractivity (Wildman–Crippen MR) is 93.7 cm³/mol. The van der Waals surface area contributed by atoms with E-state index in [-0.39, 0.29) is 5.54 Å². The lowest BCUT2D eigenvalue weighted by atomic mass is 9.79. The highest BCUT2D eigenvalue weighted by atomic mass is 16.4. The molecule has 0 amide bonds. The SMILES string of the molecule is O=C(O)/C=C/c1cnc(N[C@]2(CC3CCCCC3)CCNC2)nc1. The minimum Gasteiger partial charge on any atom is -0.478 e. The Hall–Kier alpha value is -1.95. The molecule has 1 aromatic rings. The fourth-order valence-corrected chi connectivity index (χ4v) is 3.91. The first-order chi connectivity index (χ1) is 11.7. The van der Waals surface area contributed by atoms with Gasteiger partial charge in [0.15, 0.2) is 0 Å². The van der Waals surface area contributed by atoms with Gasteiger partial charge in [-0.2, -0.15) is 0 Å². The summed E-state index contributed by atoms with van der Waals surface area (Å²) in [6, 6.07) is 0. The van der Waals surface area contributed by atoms with Gasteiger partial charge in [-0.15, -0.1) is 0 Å². The van der Waals surface area contributed by atoms with Gasteiger partial charge in [-0.05, 0) is 31.4 Å². The maximum atomic E-state index is 10.6. The molecule has 1 saturated carbocycles. The molecule has 24 heavy (non-hydrogen) atoms. The van der Waals surface area contributed by atoms with Gasteiger partial charge >= 0.3 is 5.97 Å². The van der Waals surface area contributed by atoms with Crippen LogP contribution < -0.4 is 10.6 Å². The zero-order chi connectivity index (χ0) is 16.8. The van der Waals surface area contributed by atoms with Crippen LogP contribution in [-0.2, 0) is 4.79 Å².